The first kappa shape index (κ1) is 17.2. The molecule has 3 rings (SSSR count). The van der Waals surface area contributed by atoms with E-state index in [9.17, 15) is 0 Å². The molecule has 0 amide bonds. The molecule has 0 radical (unpaired) electrons. The summed E-state index contributed by atoms with van der Waals surface area (Å²) in [6.07, 6.45) is 1.60. The molecule has 0 aliphatic carbocycles. The summed E-state index contributed by atoms with van der Waals surface area (Å²) in [4.78, 5) is 4.45. The van der Waals surface area contributed by atoms with E-state index in [-0.39, 0.29) is 0 Å². The summed E-state index contributed by atoms with van der Waals surface area (Å²) in [7, 11) is 0. The van der Waals surface area contributed by atoms with E-state index in [1.165, 1.54) is 11.1 Å². The fraction of sp³-hybridized carbons (Fsp3) is 0.211. The Hall–Kier alpha value is -2.66. The van der Waals surface area contributed by atoms with Gasteiger partial charge in [0.05, 0.1) is 16.9 Å². The highest BCUT2D eigenvalue weighted by Crippen LogP contribution is 2.29. The van der Waals surface area contributed by atoms with Gasteiger partial charge in [0.25, 0.3) is 0 Å². The van der Waals surface area contributed by atoms with Crippen LogP contribution in [0.3, 0.4) is 0 Å². The average Bonchev–Trinajstić information content (AvgIpc) is 2.58. The Kier molecular flexibility index (Phi) is 5.14. The third-order valence-corrected chi connectivity index (χ3v) is 4.12. The molecule has 0 bridgehead atoms. The van der Waals surface area contributed by atoms with Crippen molar-refractivity contribution in [2.75, 3.05) is 10.6 Å². The Bertz CT molecular complexity index is 854. The van der Waals surface area contributed by atoms with E-state index in [0.29, 0.717) is 23.3 Å². The van der Waals surface area contributed by atoms with Gasteiger partial charge in [-0.15, -0.1) is 5.10 Å². The third kappa shape index (κ3) is 4.45. The van der Waals surface area contributed by atoms with Crippen molar-refractivity contribution >= 4 is 29.1 Å². The van der Waals surface area contributed by atoms with Crippen molar-refractivity contribution in [2.45, 2.75) is 27.3 Å². The van der Waals surface area contributed by atoms with Crippen molar-refractivity contribution in [3.05, 3.63) is 69.9 Å². The van der Waals surface area contributed by atoms with Crippen LogP contribution in [0, 0.1) is 20.8 Å². The highest BCUT2D eigenvalue weighted by molar-refractivity contribution is 6.33. The lowest BCUT2D eigenvalue weighted by Gasteiger charge is -2.12. The van der Waals surface area contributed by atoms with Crippen molar-refractivity contribution in [1.82, 2.24) is 15.2 Å². The molecule has 0 saturated carbocycles. The topological polar surface area (TPSA) is 62.7 Å². The number of nitrogens with zero attached hydrogens (tertiary/aromatic N) is 3. The van der Waals surface area contributed by atoms with Gasteiger partial charge in [0.2, 0.25) is 5.95 Å². The molecule has 128 valence electrons. The van der Waals surface area contributed by atoms with Crippen molar-refractivity contribution in [1.29, 1.82) is 0 Å². The summed E-state index contributed by atoms with van der Waals surface area (Å²) in [5.41, 5.74) is 5.36. The summed E-state index contributed by atoms with van der Waals surface area (Å²) in [6.45, 7) is 6.74. The summed E-state index contributed by atoms with van der Waals surface area (Å²) >= 11 is 6.32. The zero-order valence-corrected chi connectivity index (χ0v) is 15.2. The standard InChI is InChI=1S/C19H20ClN5/c1-12-4-6-15(7-5-12)10-21-17-11-22-25-19(23-17)24-18-14(3)8-13(2)9-16(18)20/h4-9,11H,10H2,1-3H3,(H2,21,23,24,25). The number of nitrogens with one attached hydrogen (secondary N) is 2. The first-order valence-electron chi connectivity index (χ1n) is 8.04. The molecule has 0 fully saturated rings. The lowest BCUT2D eigenvalue weighted by molar-refractivity contribution is 0.965. The Labute approximate surface area is 152 Å². The fourth-order valence-electron chi connectivity index (χ4n) is 2.53. The van der Waals surface area contributed by atoms with Crippen LogP contribution in [0.15, 0.2) is 42.6 Å². The van der Waals surface area contributed by atoms with Crippen molar-refractivity contribution in [2.24, 2.45) is 0 Å². The smallest absolute Gasteiger partial charge is 0.249 e. The van der Waals surface area contributed by atoms with Gasteiger partial charge in [-0.2, -0.15) is 10.1 Å². The minimum absolute atomic E-state index is 0.405. The molecule has 3 aromatic rings. The molecule has 0 saturated heterocycles. The Balaban J connectivity index is 1.72. The summed E-state index contributed by atoms with van der Waals surface area (Å²) in [5, 5.41) is 15.1. The maximum Gasteiger partial charge on any atom is 0.249 e. The van der Waals surface area contributed by atoms with Gasteiger partial charge in [-0.05, 0) is 43.5 Å². The molecule has 0 unspecified atom stereocenters. The molecule has 0 atom stereocenters. The number of aromatic nitrogens is 3. The van der Waals surface area contributed by atoms with Gasteiger partial charge in [-0.25, -0.2) is 0 Å². The fourth-order valence-corrected chi connectivity index (χ4v) is 2.89. The quantitative estimate of drug-likeness (QED) is 0.689. The highest BCUT2D eigenvalue weighted by Gasteiger charge is 2.08. The first-order valence-corrected chi connectivity index (χ1v) is 8.42. The Morgan fingerprint density at radius 3 is 2.48 bits per heavy atom. The van der Waals surface area contributed by atoms with Crippen LogP contribution in [0.2, 0.25) is 5.02 Å². The van der Waals surface area contributed by atoms with Gasteiger partial charge in [0.15, 0.2) is 5.82 Å². The van der Waals surface area contributed by atoms with Crippen LogP contribution >= 0.6 is 11.6 Å². The van der Waals surface area contributed by atoms with Gasteiger partial charge in [0.1, 0.15) is 0 Å². The van der Waals surface area contributed by atoms with Crippen LogP contribution in [0.5, 0.6) is 0 Å². The van der Waals surface area contributed by atoms with E-state index in [1.54, 1.807) is 6.20 Å². The Morgan fingerprint density at radius 1 is 1.00 bits per heavy atom. The molecular formula is C19H20ClN5. The van der Waals surface area contributed by atoms with Gasteiger partial charge < -0.3 is 10.6 Å². The number of rotatable bonds is 5. The highest BCUT2D eigenvalue weighted by atomic mass is 35.5. The van der Waals surface area contributed by atoms with Crippen LogP contribution in [-0.4, -0.2) is 15.2 Å². The van der Waals surface area contributed by atoms with Crippen molar-refractivity contribution < 1.29 is 0 Å². The number of halogens is 1. The SMILES string of the molecule is Cc1ccc(CNc2cnnc(Nc3c(C)cc(C)cc3Cl)n2)cc1. The normalized spacial score (nSPS) is 10.6. The van der Waals surface area contributed by atoms with Crippen molar-refractivity contribution in [3.63, 3.8) is 0 Å². The average molecular weight is 354 g/mol. The zero-order chi connectivity index (χ0) is 17.8. The molecule has 5 nitrogen and oxygen atoms in total. The number of hydrogen-bond donors (Lipinski definition) is 2. The van der Waals surface area contributed by atoms with Crippen LogP contribution in [-0.2, 0) is 6.54 Å². The van der Waals surface area contributed by atoms with E-state index >= 15 is 0 Å². The maximum atomic E-state index is 6.32. The maximum absolute atomic E-state index is 6.32. The molecule has 2 aromatic carbocycles. The van der Waals surface area contributed by atoms with Crippen LogP contribution < -0.4 is 10.6 Å². The van der Waals surface area contributed by atoms with E-state index in [0.717, 1.165) is 16.8 Å². The predicted octanol–water partition coefficient (Wildman–Crippen LogP) is 4.81. The van der Waals surface area contributed by atoms with Gasteiger partial charge in [0, 0.05) is 6.54 Å². The second-order valence-electron chi connectivity index (χ2n) is 6.07. The largest absolute Gasteiger partial charge is 0.365 e. The van der Waals surface area contributed by atoms with Gasteiger partial charge in [-0.1, -0.05) is 47.5 Å². The van der Waals surface area contributed by atoms with E-state index < -0.39 is 0 Å². The Morgan fingerprint density at radius 2 is 1.76 bits per heavy atom. The summed E-state index contributed by atoms with van der Waals surface area (Å²) < 4.78 is 0. The predicted molar refractivity (Wildman–Crippen MR) is 103 cm³/mol. The lowest BCUT2D eigenvalue weighted by Crippen LogP contribution is -2.06. The van der Waals surface area contributed by atoms with Gasteiger partial charge in [-0.3, -0.25) is 0 Å². The molecule has 2 N–H and O–H groups in total. The second-order valence-corrected chi connectivity index (χ2v) is 6.48. The van der Waals surface area contributed by atoms with Crippen LogP contribution in [0.25, 0.3) is 0 Å². The molecule has 6 heteroatoms. The molecule has 0 aliphatic rings. The lowest BCUT2D eigenvalue weighted by atomic mass is 10.1. The number of benzene rings is 2. The van der Waals surface area contributed by atoms with Crippen LogP contribution in [0.4, 0.5) is 17.5 Å². The summed E-state index contributed by atoms with van der Waals surface area (Å²) in [5.74, 6) is 1.06. The third-order valence-electron chi connectivity index (χ3n) is 3.82. The monoisotopic (exact) mass is 353 g/mol. The van der Waals surface area contributed by atoms with Crippen LogP contribution in [0.1, 0.15) is 22.3 Å². The minimum Gasteiger partial charge on any atom is -0.365 e. The first-order chi connectivity index (χ1) is 12.0. The number of hydrogen-bond acceptors (Lipinski definition) is 5. The summed E-state index contributed by atoms with van der Waals surface area (Å²) in [6, 6.07) is 12.3. The van der Waals surface area contributed by atoms with E-state index in [4.69, 9.17) is 11.6 Å². The van der Waals surface area contributed by atoms with Gasteiger partial charge >= 0.3 is 0 Å². The molecule has 1 aromatic heterocycles. The minimum atomic E-state index is 0.405. The van der Waals surface area contributed by atoms with Crippen molar-refractivity contribution in [3.8, 4) is 0 Å². The second kappa shape index (κ2) is 7.49. The zero-order valence-electron chi connectivity index (χ0n) is 14.5. The van der Waals surface area contributed by atoms with E-state index in [2.05, 4.69) is 63.1 Å². The molecule has 25 heavy (non-hydrogen) atoms. The number of anilines is 3. The molecule has 1 heterocycles. The molecular weight excluding hydrogens is 334 g/mol. The van der Waals surface area contributed by atoms with E-state index in [1.807, 2.05) is 19.9 Å². The molecule has 0 spiro atoms. The molecule has 0 aliphatic heterocycles. The number of aryl methyl sites for hydroxylation is 3.